The third kappa shape index (κ3) is 3.14. The van der Waals surface area contributed by atoms with Gasteiger partial charge < -0.3 is 13.9 Å². The van der Waals surface area contributed by atoms with Crippen LogP contribution in [0.2, 0.25) is 0 Å². The largest absolute Gasteiger partial charge is 0.480 e. The van der Waals surface area contributed by atoms with Gasteiger partial charge in [0.2, 0.25) is 11.0 Å². The van der Waals surface area contributed by atoms with Crippen LogP contribution in [0.4, 0.5) is 4.39 Å². The van der Waals surface area contributed by atoms with Gasteiger partial charge in [0, 0.05) is 11.5 Å². The first-order valence-corrected chi connectivity index (χ1v) is 8.09. The molecule has 8 nitrogen and oxygen atoms in total. The lowest BCUT2D eigenvalue weighted by Gasteiger charge is -2.16. The molecule has 0 spiro atoms. The Morgan fingerprint density at radius 1 is 1.33 bits per heavy atom. The second-order valence-corrected chi connectivity index (χ2v) is 6.71. The number of fused-ring (bicyclic) bond motifs is 1. The molecule has 1 N–H and O–H groups in total. The summed E-state index contributed by atoms with van der Waals surface area (Å²) in [6, 6.07) is 4.68. The van der Waals surface area contributed by atoms with E-state index in [1.165, 1.54) is 18.5 Å². The number of benzene rings is 1. The molecule has 0 aliphatic rings. The molecule has 0 fully saturated rings. The maximum Gasteiger partial charge on any atom is 0.318 e. The standard InChI is InChI=1S/C14H11FN2O6S/c15-10-1-2-11-9(5-10)6-14(23-11)24(20,21)17(8-13(18)19)7-12-16-3-4-22-12/h1-6H,7-8H2,(H,18,19). The summed E-state index contributed by atoms with van der Waals surface area (Å²) in [5.41, 5.74) is 0.168. The molecule has 0 atom stereocenters. The van der Waals surface area contributed by atoms with Gasteiger partial charge in [-0.1, -0.05) is 0 Å². The lowest BCUT2D eigenvalue weighted by molar-refractivity contribution is -0.137. The van der Waals surface area contributed by atoms with Crippen molar-refractivity contribution < 1.29 is 31.5 Å². The summed E-state index contributed by atoms with van der Waals surface area (Å²) >= 11 is 0. The van der Waals surface area contributed by atoms with Crippen LogP contribution >= 0.6 is 0 Å². The number of halogens is 1. The van der Waals surface area contributed by atoms with Crippen LogP contribution in [0.3, 0.4) is 0 Å². The minimum Gasteiger partial charge on any atom is -0.480 e. The van der Waals surface area contributed by atoms with Crippen LogP contribution in [-0.2, 0) is 21.4 Å². The van der Waals surface area contributed by atoms with Gasteiger partial charge in [0.05, 0.1) is 12.7 Å². The normalized spacial score (nSPS) is 12.1. The highest BCUT2D eigenvalue weighted by atomic mass is 32.2. The van der Waals surface area contributed by atoms with Crippen molar-refractivity contribution in [3.63, 3.8) is 0 Å². The second-order valence-electron chi connectivity index (χ2n) is 4.84. The van der Waals surface area contributed by atoms with Crippen molar-refractivity contribution in [2.24, 2.45) is 0 Å². The van der Waals surface area contributed by atoms with E-state index in [1.54, 1.807) is 0 Å². The van der Waals surface area contributed by atoms with Crippen molar-refractivity contribution in [1.82, 2.24) is 9.29 Å². The van der Waals surface area contributed by atoms with Crippen LogP contribution in [-0.4, -0.2) is 35.3 Å². The predicted molar refractivity (Wildman–Crippen MR) is 77.9 cm³/mol. The number of nitrogens with zero attached hydrogens (tertiary/aromatic N) is 2. The van der Waals surface area contributed by atoms with Gasteiger partial charge in [-0.2, -0.15) is 4.31 Å². The van der Waals surface area contributed by atoms with Crippen LogP contribution in [0.15, 0.2) is 50.7 Å². The summed E-state index contributed by atoms with van der Waals surface area (Å²) in [5.74, 6) is -1.87. The monoisotopic (exact) mass is 354 g/mol. The maximum atomic E-state index is 13.2. The van der Waals surface area contributed by atoms with E-state index in [-0.39, 0.29) is 23.4 Å². The summed E-state index contributed by atoms with van der Waals surface area (Å²) in [4.78, 5) is 14.8. The van der Waals surface area contributed by atoms with Gasteiger partial charge in [-0.3, -0.25) is 4.79 Å². The average Bonchev–Trinajstić information content (AvgIpc) is 3.14. The summed E-state index contributed by atoms with van der Waals surface area (Å²) in [5, 5.41) is 8.72. The highest BCUT2D eigenvalue weighted by Crippen LogP contribution is 2.26. The van der Waals surface area contributed by atoms with Gasteiger partial charge in [-0.25, -0.2) is 17.8 Å². The van der Waals surface area contributed by atoms with Gasteiger partial charge in [0.1, 0.15) is 24.2 Å². The van der Waals surface area contributed by atoms with Crippen molar-refractivity contribution in [1.29, 1.82) is 0 Å². The Bertz CT molecular complexity index is 980. The molecular formula is C14H11FN2O6S. The molecule has 0 bridgehead atoms. The molecule has 24 heavy (non-hydrogen) atoms. The Morgan fingerprint density at radius 3 is 2.79 bits per heavy atom. The molecule has 0 aliphatic heterocycles. The first-order chi connectivity index (χ1) is 11.4. The Kier molecular flexibility index (Phi) is 4.08. The van der Waals surface area contributed by atoms with E-state index in [1.807, 2.05) is 0 Å². The molecule has 126 valence electrons. The van der Waals surface area contributed by atoms with E-state index in [4.69, 9.17) is 13.9 Å². The van der Waals surface area contributed by atoms with Crippen molar-refractivity contribution >= 4 is 27.0 Å². The smallest absolute Gasteiger partial charge is 0.318 e. The fraction of sp³-hybridized carbons (Fsp3) is 0.143. The van der Waals surface area contributed by atoms with E-state index < -0.39 is 33.4 Å². The number of hydrogen-bond acceptors (Lipinski definition) is 6. The van der Waals surface area contributed by atoms with E-state index in [0.717, 1.165) is 18.2 Å². The van der Waals surface area contributed by atoms with Gasteiger partial charge in [0.15, 0.2) is 0 Å². The number of rotatable bonds is 6. The van der Waals surface area contributed by atoms with E-state index >= 15 is 0 Å². The topological polar surface area (TPSA) is 114 Å². The third-order valence-electron chi connectivity index (χ3n) is 3.16. The summed E-state index contributed by atoms with van der Waals surface area (Å²) in [7, 11) is -4.28. The minimum absolute atomic E-state index is 0.0296. The lowest BCUT2D eigenvalue weighted by Crippen LogP contribution is -2.35. The Balaban J connectivity index is 2.01. The van der Waals surface area contributed by atoms with Crippen molar-refractivity contribution in [2.45, 2.75) is 11.6 Å². The quantitative estimate of drug-likeness (QED) is 0.718. The SMILES string of the molecule is O=C(O)CN(Cc1ncco1)S(=O)(=O)c1cc2cc(F)ccc2o1. The zero-order valence-corrected chi connectivity index (χ0v) is 12.9. The molecule has 0 saturated carbocycles. The highest BCUT2D eigenvalue weighted by Gasteiger charge is 2.31. The zero-order chi connectivity index (χ0) is 17.3. The highest BCUT2D eigenvalue weighted by molar-refractivity contribution is 7.89. The molecule has 0 unspecified atom stereocenters. The molecule has 0 saturated heterocycles. The average molecular weight is 354 g/mol. The second kappa shape index (κ2) is 6.06. The van der Waals surface area contributed by atoms with Crippen LogP contribution in [0.1, 0.15) is 5.89 Å². The minimum atomic E-state index is -4.28. The number of carboxylic acid groups (broad SMARTS) is 1. The number of furan rings is 1. The number of hydrogen-bond donors (Lipinski definition) is 1. The fourth-order valence-corrected chi connectivity index (χ4v) is 3.39. The first-order valence-electron chi connectivity index (χ1n) is 6.65. The van der Waals surface area contributed by atoms with Crippen LogP contribution in [0, 0.1) is 5.82 Å². The Labute approximate surface area is 135 Å². The molecule has 2 heterocycles. The molecule has 1 aromatic carbocycles. The maximum absolute atomic E-state index is 13.2. The number of sulfonamides is 1. The van der Waals surface area contributed by atoms with Crippen molar-refractivity contribution in [3.05, 3.63) is 48.4 Å². The van der Waals surface area contributed by atoms with Crippen LogP contribution < -0.4 is 0 Å². The summed E-state index contributed by atoms with van der Waals surface area (Å²) < 4.78 is 49.4. The van der Waals surface area contributed by atoms with E-state index in [9.17, 15) is 17.6 Å². The number of carboxylic acids is 1. The lowest BCUT2D eigenvalue weighted by atomic mass is 10.2. The van der Waals surface area contributed by atoms with Crippen molar-refractivity contribution in [2.75, 3.05) is 6.54 Å². The summed E-state index contributed by atoms with van der Waals surface area (Å²) in [6.07, 6.45) is 2.55. The van der Waals surface area contributed by atoms with Crippen LogP contribution in [0.25, 0.3) is 11.0 Å². The van der Waals surface area contributed by atoms with Gasteiger partial charge in [0.25, 0.3) is 10.0 Å². The fourth-order valence-electron chi connectivity index (χ4n) is 2.10. The molecule has 3 aromatic rings. The molecule has 10 heteroatoms. The van der Waals surface area contributed by atoms with E-state index in [0.29, 0.717) is 4.31 Å². The number of oxazole rings is 1. The summed E-state index contributed by atoms with van der Waals surface area (Å²) in [6.45, 7) is -1.19. The third-order valence-corrected chi connectivity index (χ3v) is 4.80. The number of carbonyl (C=O) groups is 1. The molecule has 0 amide bonds. The Hall–Kier alpha value is -2.72. The number of aliphatic carboxylic acids is 1. The van der Waals surface area contributed by atoms with Gasteiger partial charge >= 0.3 is 5.97 Å². The van der Waals surface area contributed by atoms with Crippen molar-refractivity contribution in [3.8, 4) is 0 Å². The predicted octanol–water partition coefficient (Wildman–Crippen LogP) is 1.84. The van der Waals surface area contributed by atoms with E-state index in [2.05, 4.69) is 4.98 Å². The van der Waals surface area contributed by atoms with Gasteiger partial charge in [-0.05, 0) is 18.2 Å². The zero-order valence-electron chi connectivity index (χ0n) is 12.0. The molecule has 0 aliphatic carbocycles. The Morgan fingerprint density at radius 2 is 2.12 bits per heavy atom. The first kappa shape index (κ1) is 16.1. The van der Waals surface area contributed by atoms with Crippen LogP contribution in [0.5, 0.6) is 0 Å². The molecule has 2 aromatic heterocycles. The molecular weight excluding hydrogens is 343 g/mol. The number of aromatic nitrogens is 1. The molecule has 3 rings (SSSR count). The van der Waals surface area contributed by atoms with Gasteiger partial charge in [-0.15, -0.1) is 0 Å². The molecule has 0 radical (unpaired) electrons.